The molecule has 1 atom stereocenters. The molecule has 0 bridgehead atoms. The Balaban J connectivity index is 2.77. The number of hydrogen-bond acceptors (Lipinski definition) is 2. The molecule has 0 amide bonds. The highest BCUT2D eigenvalue weighted by Gasteiger charge is 2.16. The fourth-order valence-electron chi connectivity index (χ4n) is 1.36. The number of carboxylic acid groups (broad SMARTS) is 1. The number of aromatic hydroxyl groups is 1. The first-order valence-electron chi connectivity index (χ1n) is 4.64. The number of phenols is 1. The van der Waals surface area contributed by atoms with Crippen LogP contribution in [0.2, 0.25) is 0 Å². The third-order valence-corrected chi connectivity index (χ3v) is 2.30. The van der Waals surface area contributed by atoms with Crippen LogP contribution in [-0.2, 0) is 11.2 Å². The highest BCUT2D eigenvalue weighted by atomic mass is 16.4. The van der Waals surface area contributed by atoms with Crippen molar-refractivity contribution >= 4 is 5.97 Å². The van der Waals surface area contributed by atoms with Crippen LogP contribution in [0.4, 0.5) is 0 Å². The number of carbonyl (C=O) groups is 1. The van der Waals surface area contributed by atoms with Gasteiger partial charge in [0.25, 0.3) is 0 Å². The minimum Gasteiger partial charge on any atom is -0.508 e. The largest absolute Gasteiger partial charge is 0.508 e. The average molecular weight is 194 g/mol. The molecule has 76 valence electrons. The molecule has 3 heteroatoms. The number of para-hydroxylation sites is 1. The second-order valence-corrected chi connectivity index (χ2v) is 3.28. The van der Waals surface area contributed by atoms with Crippen molar-refractivity contribution in [3.8, 4) is 5.75 Å². The van der Waals surface area contributed by atoms with Crippen LogP contribution in [0.25, 0.3) is 0 Å². The van der Waals surface area contributed by atoms with Crippen molar-refractivity contribution in [2.24, 2.45) is 5.92 Å². The Morgan fingerprint density at radius 2 is 2.07 bits per heavy atom. The molecule has 3 nitrogen and oxygen atoms in total. The van der Waals surface area contributed by atoms with Gasteiger partial charge in [0.15, 0.2) is 0 Å². The number of carboxylic acids is 1. The second-order valence-electron chi connectivity index (χ2n) is 3.28. The fraction of sp³-hybridized carbons (Fsp3) is 0.364. The third kappa shape index (κ3) is 2.49. The van der Waals surface area contributed by atoms with Crippen LogP contribution in [0.3, 0.4) is 0 Å². The Kier molecular flexibility index (Phi) is 3.51. The van der Waals surface area contributed by atoms with Crippen molar-refractivity contribution < 1.29 is 15.0 Å². The lowest BCUT2D eigenvalue weighted by molar-refractivity contribution is -0.141. The van der Waals surface area contributed by atoms with Crippen LogP contribution in [-0.4, -0.2) is 16.2 Å². The van der Waals surface area contributed by atoms with Gasteiger partial charge in [0.1, 0.15) is 5.75 Å². The zero-order chi connectivity index (χ0) is 10.6. The molecule has 0 heterocycles. The van der Waals surface area contributed by atoms with E-state index in [1.807, 2.05) is 6.92 Å². The van der Waals surface area contributed by atoms with Gasteiger partial charge in [-0.15, -0.1) is 0 Å². The minimum atomic E-state index is -0.809. The highest BCUT2D eigenvalue weighted by Crippen LogP contribution is 2.21. The van der Waals surface area contributed by atoms with Gasteiger partial charge in [-0.3, -0.25) is 4.79 Å². The summed E-state index contributed by atoms with van der Waals surface area (Å²) in [5.74, 6) is -1.05. The molecule has 0 spiro atoms. The van der Waals surface area contributed by atoms with Crippen molar-refractivity contribution in [3.05, 3.63) is 29.8 Å². The van der Waals surface area contributed by atoms with Gasteiger partial charge < -0.3 is 10.2 Å². The third-order valence-electron chi connectivity index (χ3n) is 2.30. The maximum absolute atomic E-state index is 10.8. The maximum Gasteiger partial charge on any atom is 0.306 e. The molecule has 0 aliphatic carbocycles. The summed E-state index contributed by atoms with van der Waals surface area (Å²) in [5, 5.41) is 18.3. The Bertz CT molecular complexity index is 320. The lowest BCUT2D eigenvalue weighted by atomic mass is 9.96. The Hall–Kier alpha value is -1.51. The van der Waals surface area contributed by atoms with Crippen molar-refractivity contribution in [2.45, 2.75) is 19.8 Å². The molecule has 1 unspecified atom stereocenters. The standard InChI is InChI=1S/C11H14O3/c1-2-8(11(13)14)7-9-5-3-4-6-10(9)12/h3-6,8,12H,2,7H2,1H3,(H,13,14). The first-order valence-corrected chi connectivity index (χ1v) is 4.64. The number of aliphatic carboxylic acids is 1. The van der Waals surface area contributed by atoms with Crippen LogP contribution >= 0.6 is 0 Å². The number of hydrogen-bond donors (Lipinski definition) is 2. The summed E-state index contributed by atoms with van der Waals surface area (Å²) in [5.41, 5.74) is 0.696. The number of rotatable bonds is 4. The molecule has 0 aliphatic rings. The summed E-state index contributed by atoms with van der Waals surface area (Å²) in [4.78, 5) is 10.8. The van der Waals surface area contributed by atoms with Gasteiger partial charge in [-0.2, -0.15) is 0 Å². The van der Waals surface area contributed by atoms with Gasteiger partial charge in [-0.05, 0) is 24.5 Å². The molecule has 0 saturated carbocycles. The predicted molar refractivity (Wildman–Crippen MR) is 53.2 cm³/mol. The summed E-state index contributed by atoms with van der Waals surface area (Å²) >= 11 is 0. The summed E-state index contributed by atoms with van der Waals surface area (Å²) in [6.07, 6.45) is 0.960. The van der Waals surface area contributed by atoms with Gasteiger partial charge in [-0.25, -0.2) is 0 Å². The van der Waals surface area contributed by atoms with E-state index in [0.717, 1.165) is 0 Å². The lowest BCUT2D eigenvalue weighted by Crippen LogP contribution is -2.15. The zero-order valence-corrected chi connectivity index (χ0v) is 8.10. The SMILES string of the molecule is CCC(Cc1ccccc1O)C(=O)O. The molecule has 0 aromatic heterocycles. The Morgan fingerprint density at radius 1 is 1.43 bits per heavy atom. The van der Waals surface area contributed by atoms with Gasteiger partial charge in [0.05, 0.1) is 5.92 Å². The molecule has 0 saturated heterocycles. The predicted octanol–water partition coefficient (Wildman–Crippen LogP) is 2.05. The summed E-state index contributed by atoms with van der Waals surface area (Å²) in [6, 6.07) is 6.84. The molecule has 1 aromatic rings. The number of phenolic OH excluding ortho intramolecular Hbond substituents is 1. The van der Waals surface area contributed by atoms with E-state index in [-0.39, 0.29) is 5.75 Å². The zero-order valence-electron chi connectivity index (χ0n) is 8.10. The van der Waals surface area contributed by atoms with E-state index in [9.17, 15) is 9.90 Å². The average Bonchev–Trinajstić information content (AvgIpc) is 2.16. The summed E-state index contributed by atoms with van der Waals surface area (Å²) in [6.45, 7) is 1.83. The van der Waals surface area contributed by atoms with Crippen molar-refractivity contribution in [3.63, 3.8) is 0 Å². The number of benzene rings is 1. The molecule has 0 aliphatic heterocycles. The van der Waals surface area contributed by atoms with Crippen LogP contribution in [0.15, 0.2) is 24.3 Å². The monoisotopic (exact) mass is 194 g/mol. The van der Waals surface area contributed by atoms with Crippen LogP contribution in [0.1, 0.15) is 18.9 Å². The van der Waals surface area contributed by atoms with E-state index >= 15 is 0 Å². The van der Waals surface area contributed by atoms with Gasteiger partial charge >= 0.3 is 5.97 Å². The van der Waals surface area contributed by atoms with Gasteiger partial charge in [-0.1, -0.05) is 25.1 Å². The smallest absolute Gasteiger partial charge is 0.306 e. The minimum absolute atomic E-state index is 0.173. The maximum atomic E-state index is 10.8. The molecular weight excluding hydrogens is 180 g/mol. The summed E-state index contributed by atoms with van der Waals surface area (Å²) in [7, 11) is 0. The van der Waals surface area contributed by atoms with E-state index in [0.29, 0.717) is 18.4 Å². The van der Waals surface area contributed by atoms with Crippen LogP contribution in [0.5, 0.6) is 5.75 Å². The highest BCUT2D eigenvalue weighted by molar-refractivity contribution is 5.70. The first-order chi connectivity index (χ1) is 6.65. The molecule has 0 fully saturated rings. The molecule has 14 heavy (non-hydrogen) atoms. The molecule has 1 aromatic carbocycles. The Morgan fingerprint density at radius 3 is 2.57 bits per heavy atom. The van der Waals surface area contributed by atoms with E-state index in [4.69, 9.17) is 5.11 Å². The molecular formula is C11H14O3. The van der Waals surface area contributed by atoms with Crippen molar-refractivity contribution in [2.75, 3.05) is 0 Å². The topological polar surface area (TPSA) is 57.5 Å². The quantitative estimate of drug-likeness (QED) is 0.771. The van der Waals surface area contributed by atoms with Crippen LogP contribution < -0.4 is 0 Å². The first kappa shape index (κ1) is 10.6. The second kappa shape index (κ2) is 4.65. The lowest BCUT2D eigenvalue weighted by Gasteiger charge is -2.10. The fourth-order valence-corrected chi connectivity index (χ4v) is 1.36. The summed E-state index contributed by atoms with van der Waals surface area (Å²) < 4.78 is 0. The Labute approximate surface area is 83.0 Å². The molecule has 2 N–H and O–H groups in total. The molecule has 0 radical (unpaired) electrons. The van der Waals surface area contributed by atoms with E-state index in [1.54, 1.807) is 24.3 Å². The van der Waals surface area contributed by atoms with Crippen LogP contribution in [0, 0.1) is 5.92 Å². The molecule has 1 rings (SSSR count). The van der Waals surface area contributed by atoms with Gasteiger partial charge in [0.2, 0.25) is 0 Å². The van der Waals surface area contributed by atoms with Gasteiger partial charge in [0, 0.05) is 0 Å². The van der Waals surface area contributed by atoms with E-state index < -0.39 is 11.9 Å². The van der Waals surface area contributed by atoms with Crippen molar-refractivity contribution in [1.29, 1.82) is 0 Å². The normalized spacial score (nSPS) is 12.4. The van der Waals surface area contributed by atoms with E-state index in [1.165, 1.54) is 0 Å². The van der Waals surface area contributed by atoms with E-state index in [2.05, 4.69) is 0 Å². The van der Waals surface area contributed by atoms with Crippen molar-refractivity contribution in [1.82, 2.24) is 0 Å².